The van der Waals surface area contributed by atoms with E-state index in [-0.39, 0.29) is 16.8 Å². The molecule has 0 fully saturated rings. The van der Waals surface area contributed by atoms with Crippen molar-refractivity contribution in [2.45, 2.75) is 13.0 Å². The Kier molecular flexibility index (Phi) is 4.63. The van der Waals surface area contributed by atoms with E-state index in [1.54, 1.807) is 0 Å². The Bertz CT molecular complexity index is 602. The molecule has 0 aromatic heterocycles. The summed E-state index contributed by atoms with van der Waals surface area (Å²) >= 11 is 5.12. The van der Waals surface area contributed by atoms with Gasteiger partial charge in [-0.3, -0.25) is 0 Å². The van der Waals surface area contributed by atoms with Crippen molar-refractivity contribution < 1.29 is 8.78 Å². The van der Waals surface area contributed by atoms with Gasteiger partial charge < -0.3 is 10.6 Å². The standard InChI is InChI=1S/C15H14F2N2S/c1-10(11-5-3-2-4-6-11)18-15(20)19-14-8-7-12(16)9-13(14)17/h2-10H,1H3,(H2,18,19,20)/t10-/m1/s1. The van der Waals surface area contributed by atoms with Crippen LogP contribution in [0.1, 0.15) is 18.5 Å². The van der Waals surface area contributed by atoms with E-state index in [0.717, 1.165) is 11.6 Å². The van der Waals surface area contributed by atoms with Crippen LogP contribution in [0.4, 0.5) is 14.5 Å². The molecule has 0 radical (unpaired) electrons. The first-order valence-electron chi connectivity index (χ1n) is 6.14. The largest absolute Gasteiger partial charge is 0.356 e. The lowest BCUT2D eigenvalue weighted by molar-refractivity contribution is 0.586. The van der Waals surface area contributed by atoms with Crippen LogP contribution in [0.2, 0.25) is 0 Å². The molecule has 104 valence electrons. The number of anilines is 1. The molecule has 1 atom stereocenters. The Morgan fingerprint density at radius 1 is 1.10 bits per heavy atom. The van der Waals surface area contributed by atoms with Crippen LogP contribution in [-0.2, 0) is 0 Å². The molecule has 0 aliphatic carbocycles. The van der Waals surface area contributed by atoms with Gasteiger partial charge in [0.15, 0.2) is 5.11 Å². The molecule has 0 aliphatic rings. The number of hydrogen-bond donors (Lipinski definition) is 2. The average molecular weight is 292 g/mol. The third kappa shape index (κ3) is 3.74. The van der Waals surface area contributed by atoms with E-state index in [1.807, 2.05) is 37.3 Å². The van der Waals surface area contributed by atoms with Gasteiger partial charge in [0.2, 0.25) is 0 Å². The van der Waals surface area contributed by atoms with Crippen molar-refractivity contribution in [2.24, 2.45) is 0 Å². The van der Waals surface area contributed by atoms with Gasteiger partial charge in [-0.2, -0.15) is 0 Å². The highest BCUT2D eigenvalue weighted by molar-refractivity contribution is 7.80. The van der Waals surface area contributed by atoms with Crippen molar-refractivity contribution in [3.63, 3.8) is 0 Å². The van der Waals surface area contributed by atoms with Crippen LogP contribution < -0.4 is 10.6 Å². The minimum atomic E-state index is -0.679. The van der Waals surface area contributed by atoms with Crippen LogP contribution in [0.25, 0.3) is 0 Å². The molecule has 0 spiro atoms. The monoisotopic (exact) mass is 292 g/mol. The van der Waals surface area contributed by atoms with Crippen molar-refractivity contribution in [3.05, 3.63) is 65.7 Å². The Morgan fingerprint density at radius 3 is 2.45 bits per heavy atom. The van der Waals surface area contributed by atoms with Crippen molar-refractivity contribution >= 4 is 23.0 Å². The van der Waals surface area contributed by atoms with Gasteiger partial charge in [0, 0.05) is 6.07 Å². The van der Waals surface area contributed by atoms with Crippen molar-refractivity contribution in [2.75, 3.05) is 5.32 Å². The minimum Gasteiger partial charge on any atom is -0.356 e. The number of halogens is 2. The number of benzene rings is 2. The summed E-state index contributed by atoms with van der Waals surface area (Å²) in [5.41, 5.74) is 1.21. The fourth-order valence-electron chi connectivity index (χ4n) is 1.77. The smallest absolute Gasteiger partial charge is 0.171 e. The fraction of sp³-hybridized carbons (Fsp3) is 0.133. The van der Waals surface area contributed by atoms with Crippen LogP contribution >= 0.6 is 12.2 Å². The molecule has 0 bridgehead atoms. The summed E-state index contributed by atoms with van der Waals surface area (Å²) in [6.07, 6.45) is 0. The highest BCUT2D eigenvalue weighted by Crippen LogP contribution is 2.16. The molecule has 2 rings (SSSR count). The third-order valence-corrected chi connectivity index (χ3v) is 3.05. The van der Waals surface area contributed by atoms with Crippen molar-refractivity contribution in [1.82, 2.24) is 5.32 Å². The Balaban J connectivity index is 1.99. The van der Waals surface area contributed by atoms with Gasteiger partial charge in [0.1, 0.15) is 11.6 Å². The quantitative estimate of drug-likeness (QED) is 0.836. The summed E-state index contributed by atoms with van der Waals surface area (Å²) in [5.74, 6) is -1.30. The predicted molar refractivity (Wildman–Crippen MR) is 80.6 cm³/mol. The van der Waals surface area contributed by atoms with Gasteiger partial charge in [-0.25, -0.2) is 8.78 Å². The summed E-state index contributed by atoms with van der Waals surface area (Å²) in [4.78, 5) is 0. The number of nitrogens with one attached hydrogen (secondary N) is 2. The molecule has 20 heavy (non-hydrogen) atoms. The number of hydrogen-bond acceptors (Lipinski definition) is 1. The van der Waals surface area contributed by atoms with E-state index in [0.29, 0.717) is 0 Å². The van der Waals surface area contributed by atoms with E-state index in [4.69, 9.17) is 12.2 Å². The highest BCUT2D eigenvalue weighted by atomic mass is 32.1. The predicted octanol–water partition coefficient (Wildman–Crippen LogP) is 4.01. The molecule has 2 aromatic carbocycles. The maximum absolute atomic E-state index is 13.5. The zero-order valence-electron chi connectivity index (χ0n) is 10.9. The molecule has 2 aromatic rings. The molecule has 0 saturated heterocycles. The Morgan fingerprint density at radius 2 is 1.80 bits per heavy atom. The molecular weight excluding hydrogens is 278 g/mol. The average Bonchev–Trinajstić information content (AvgIpc) is 2.43. The van der Waals surface area contributed by atoms with Crippen LogP contribution in [0.15, 0.2) is 48.5 Å². The summed E-state index contributed by atoms with van der Waals surface area (Å²) in [7, 11) is 0. The second-order valence-corrected chi connectivity index (χ2v) is 4.76. The van der Waals surface area contributed by atoms with E-state index >= 15 is 0 Å². The van der Waals surface area contributed by atoms with Gasteiger partial charge in [0.25, 0.3) is 0 Å². The fourth-order valence-corrected chi connectivity index (χ4v) is 2.06. The van der Waals surface area contributed by atoms with Crippen LogP contribution in [0, 0.1) is 11.6 Å². The number of thiocarbonyl (C=S) groups is 1. The molecule has 0 aliphatic heterocycles. The molecule has 0 amide bonds. The van der Waals surface area contributed by atoms with Gasteiger partial charge in [0.05, 0.1) is 11.7 Å². The van der Waals surface area contributed by atoms with Crippen molar-refractivity contribution in [3.8, 4) is 0 Å². The summed E-state index contributed by atoms with van der Waals surface area (Å²) in [6.45, 7) is 1.95. The van der Waals surface area contributed by atoms with Gasteiger partial charge in [-0.1, -0.05) is 30.3 Å². The molecule has 0 saturated carbocycles. The van der Waals surface area contributed by atoms with E-state index in [1.165, 1.54) is 12.1 Å². The van der Waals surface area contributed by atoms with Gasteiger partial charge >= 0.3 is 0 Å². The zero-order valence-corrected chi connectivity index (χ0v) is 11.7. The maximum Gasteiger partial charge on any atom is 0.171 e. The molecule has 0 unspecified atom stereocenters. The van der Waals surface area contributed by atoms with E-state index in [2.05, 4.69) is 10.6 Å². The van der Waals surface area contributed by atoms with Crippen LogP contribution in [0.3, 0.4) is 0 Å². The topological polar surface area (TPSA) is 24.1 Å². The molecule has 5 heteroatoms. The Hall–Kier alpha value is -2.01. The zero-order chi connectivity index (χ0) is 14.5. The second kappa shape index (κ2) is 6.43. The normalized spacial score (nSPS) is 11.8. The summed E-state index contributed by atoms with van der Waals surface area (Å²) in [6, 6.07) is 13.0. The molecule has 2 N–H and O–H groups in total. The first-order valence-corrected chi connectivity index (χ1v) is 6.54. The van der Waals surface area contributed by atoms with Crippen LogP contribution in [0.5, 0.6) is 0 Å². The highest BCUT2D eigenvalue weighted by Gasteiger charge is 2.09. The molecule has 0 heterocycles. The van der Waals surface area contributed by atoms with E-state index in [9.17, 15) is 8.78 Å². The van der Waals surface area contributed by atoms with Crippen LogP contribution in [-0.4, -0.2) is 5.11 Å². The lowest BCUT2D eigenvalue weighted by Gasteiger charge is -2.17. The second-order valence-electron chi connectivity index (χ2n) is 4.36. The van der Waals surface area contributed by atoms with Gasteiger partial charge in [-0.05, 0) is 36.8 Å². The summed E-state index contributed by atoms with van der Waals surface area (Å²) in [5, 5.41) is 6.05. The SMILES string of the molecule is C[C@@H](NC(=S)Nc1ccc(F)cc1F)c1ccccc1. The third-order valence-electron chi connectivity index (χ3n) is 2.83. The first kappa shape index (κ1) is 14.4. The molecular formula is C15H14F2N2S. The maximum atomic E-state index is 13.5. The van der Waals surface area contributed by atoms with Gasteiger partial charge in [-0.15, -0.1) is 0 Å². The minimum absolute atomic E-state index is 0.0142. The lowest BCUT2D eigenvalue weighted by atomic mass is 10.1. The van der Waals surface area contributed by atoms with E-state index < -0.39 is 11.6 Å². The first-order chi connectivity index (χ1) is 9.56. The molecule has 2 nitrogen and oxygen atoms in total. The summed E-state index contributed by atoms with van der Waals surface area (Å²) < 4.78 is 26.3. The van der Waals surface area contributed by atoms with Crippen molar-refractivity contribution in [1.29, 1.82) is 0 Å². The number of rotatable bonds is 3. The lowest BCUT2D eigenvalue weighted by Crippen LogP contribution is -2.31. The Labute approximate surface area is 121 Å².